The van der Waals surface area contributed by atoms with Crippen LogP contribution in [0.25, 0.3) is 0 Å². The number of rotatable bonds is 1. The average Bonchev–Trinajstić information content (AvgIpc) is 2.01. The number of methoxy groups -OCH3 is 1. The van der Waals surface area contributed by atoms with Crippen molar-refractivity contribution in [3.8, 4) is 5.75 Å². The molecule has 0 radical (unpaired) electrons. The van der Waals surface area contributed by atoms with Crippen molar-refractivity contribution < 1.29 is 4.74 Å². The van der Waals surface area contributed by atoms with Crippen LogP contribution in [-0.4, -0.2) is 7.11 Å². The van der Waals surface area contributed by atoms with Crippen molar-refractivity contribution in [2.75, 3.05) is 7.11 Å². The highest BCUT2D eigenvalue weighted by molar-refractivity contribution is 9.10. The lowest BCUT2D eigenvalue weighted by atomic mass is 10.2. The Morgan fingerprint density at radius 2 is 2.09 bits per heavy atom. The molecule has 0 bridgehead atoms. The maximum Gasteiger partial charge on any atom is 0.138 e. The molecular formula is C8H8BrClO. The van der Waals surface area contributed by atoms with Crippen molar-refractivity contribution in [1.82, 2.24) is 0 Å². The summed E-state index contributed by atoms with van der Waals surface area (Å²) >= 11 is 9.29. The zero-order valence-electron chi connectivity index (χ0n) is 6.32. The molecule has 0 aliphatic heterocycles. The Hall–Kier alpha value is -0.210. The molecule has 0 N–H and O–H groups in total. The summed E-state index contributed by atoms with van der Waals surface area (Å²) in [6.07, 6.45) is 0. The Labute approximate surface area is 79.4 Å². The van der Waals surface area contributed by atoms with Crippen molar-refractivity contribution >= 4 is 27.5 Å². The van der Waals surface area contributed by atoms with Crippen LogP contribution in [0.5, 0.6) is 5.75 Å². The van der Waals surface area contributed by atoms with Crippen molar-refractivity contribution in [1.29, 1.82) is 0 Å². The van der Waals surface area contributed by atoms with Gasteiger partial charge in [-0.25, -0.2) is 0 Å². The van der Waals surface area contributed by atoms with Gasteiger partial charge in [-0.15, -0.1) is 0 Å². The Morgan fingerprint density at radius 3 is 2.64 bits per heavy atom. The maximum atomic E-state index is 5.93. The average molecular weight is 236 g/mol. The van der Waals surface area contributed by atoms with Crippen molar-refractivity contribution in [2.45, 2.75) is 6.92 Å². The fourth-order valence-corrected chi connectivity index (χ4v) is 1.40. The lowest BCUT2D eigenvalue weighted by Gasteiger charge is -2.05. The van der Waals surface area contributed by atoms with Gasteiger partial charge in [-0.1, -0.05) is 17.7 Å². The van der Waals surface area contributed by atoms with Crippen LogP contribution in [0, 0.1) is 6.92 Å². The first kappa shape index (κ1) is 8.88. The van der Waals surface area contributed by atoms with E-state index in [9.17, 15) is 0 Å². The Kier molecular flexibility index (Phi) is 2.79. The van der Waals surface area contributed by atoms with E-state index in [0.717, 1.165) is 10.0 Å². The minimum atomic E-state index is 0.632. The predicted octanol–water partition coefficient (Wildman–Crippen LogP) is 3.42. The minimum Gasteiger partial charge on any atom is -0.495 e. The SMILES string of the molecule is COc1ccc(C)c(Br)c1Cl. The molecule has 1 rings (SSSR count). The van der Waals surface area contributed by atoms with Gasteiger partial charge in [-0.3, -0.25) is 0 Å². The zero-order valence-corrected chi connectivity index (χ0v) is 8.66. The lowest BCUT2D eigenvalue weighted by molar-refractivity contribution is 0.414. The number of hydrogen-bond donors (Lipinski definition) is 0. The lowest BCUT2D eigenvalue weighted by Crippen LogP contribution is -1.85. The minimum absolute atomic E-state index is 0.632. The molecule has 0 amide bonds. The third-order valence-corrected chi connectivity index (χ3v) is 3.09. The highest BCUT2D eigenvalue weighted by Crippen LogP contribution is 2.33. The molecular weight excluding hydrogens is 227 g/mol. The van der Waals surface area contributed by atoms with E-state index in [1.807, 2.05) is 19.1 Å². The van der Waals surface area contributed by atoms with Crippen LogP contribution in [0.15, 0.2) is 16.6 Å². The van der Waals surface area contributed by atoms with Gasteiger partial charge >= 0.3 is 0 Å². The van der Waals surface area contributed by atoms with Crippen LogP contribution < -0.4 is 4.74 Å². The maximum absolute atomic E-state index is 5.93. The first-order valence-corrected chi connectivity index (χ1v) is 4.32. The van der Waals surface area contributed by atoms with Gasteiger partial charge in [0.15, 0.2) is 0 Å². The van der Waals surface area contributed by atoms with Gasteiger partial charge in [0.05, 0.1) is 12.1 Å². The number of hydrogen-bond acceptors (Lipinski definition) is 1. The van der Waals surface area contributed by atoms with E-state index < -0.39 is 0 Å². The number of halogens is 2. The molecule has 0 saturated heterocycles. The molecule has 0 spiro atoms. The summed E-state index contributed by atoms with van der Waals surface area (Å²) in [4.78, 5) is 0. The molecule has 3 heteroatoms. The quantitative estimate of drug-likeness (QED) is 0.725. The molecule has 0 saturated carbocycles. The summed E-state index contributed by atoms with van der Waals surface area (Å²) in [5, 5.41) is 0.632. The van der Waals surface area contributed by atoms with Crippen molar-refractivity contribution in [3.05, 3.63) is 27.2 Å². The van der Waals surface area contributed by atoms with E-state index in [4.69, 9.17) is 16.3 Å². The summed E-state index contributed by atoms with van der Waals surface area (Å²) in [6, 6.07) is 3.80. The highest BCUT2D eigenvalue weighted by Gasteiger charge is 2.05. The van der Waals surface area contributed by atoms with Crippen LogP contribution in [0.3, 0.4) is 0 Å². The largest absolute Gasteiger partial charge is 0.495 e. The molecule has 0 fully saturated rings. The fraction of sp³-hybridized carbons (Fsp3) is 0.250. The number of ether oxygens (including phenoxy) is 1. The molecule has 0 aliphatic rings. The van der Waals surface area contributed by atoms with Crippen LogP contribution in [0.2, 0.25) is 5.02 Å². The van der Waals surface area contributed by atoms with Gasteiger partial charge in [0.2, 0.25) is 0 Å². The van der Waals surface area contributed by atoms with Gasteiger partial charge in [-0.05, 0) is 34.5 Å². The first-order chi connectivity index (χ1) is 5.16. The molecule has 1 aromatic carbocycles. The topological polar surface area (TPSA) is 9.23 Å². The summed E-state index contributed by atoms with van der Waals surface area (Å²) in [5.41, 5.74) is 1.11. The molecule has 0 heterocycles. The van der Waals surface area contributed by atoms with E-state index in [1.165, 1.54) is 0 Å². The second kappa shape index (κ2) is 3.46. The third kappa shape index (κ3) is 1.68. The van der Waals surface area contributed by atoms with Crippen LogP contribution in [0.1, 0.15) is 5.56 Å². The normalized spacial score (nSPS) is 9.82. The molecule has 1 nitrogen and oxygen atoms in total. The number of aryl methyl sites for hydroxylation is 1. The smallest absolute Gasteiger partial charge is 0.138 e. The van der Waals surface area contributed by atoms with Gasteiger partial charge in [-0.2, -0.15) is 0 Å². The second-order valence-electron chi connectivity index (χ2n) is 2.21. The van der Waals surface area contributed by atoms with Crippen molar-refractivity contribution in [3.63, 3.8) is 0 Å². The van der Waals surface area contributed by atoms with Crippen LogP contribution >= 0.6 is 27.5 Å². The summed E-state index contributed by atoms with van der Waals surface area (Å²) in [7, 11) is 1.60. The van der Waals surface area contributed by atoms with E-state index in [-0.39, 0.29) is 0 Å². The van der Waals surface area contributed by atoms with E-state index in [1.54, 1.807) is 7.11 Å². The molecule has 0 atom stereocenters. The molecule has 1 aromatic rings. The fourth-order valence-electron chi connectivity index (χ4n) is 0.786. The predicted molar refractivity (Wildman–Crippen MR) is 50.4 cm³/mol. The molecule has 0 aromatic heterocycles. The van der Waals surface area contributed by atoms with Crippen LogP contribution in [-0.2, 0) is 0 Å². The first-order valence-electron chi connectivity index (χ1n) is 3.15. The van der Waals surface area contributed by atoms with Gasteiger partial charge in [0.25, 0.3) is 0 Å². The van der Waals surface area contributed by atoms with E-state index in [2.05, 4.69) is 15.9 Å². The second-order valence-corrected chi connectivity index (χ2v) is 3.38. The third-order valence-electron chi connectivity index (χ3n) is 1.46. The summed E-state index contributed by atoms with van der Waals surface area (Å²) < 4.78 is 5.92. The zero-order chi connectivity index (χ0) is 8.43. The Balaban J connectivity index is 3.25. The number of benzene rings is 1. The monoisotopic (exact) mass is 234 g/mol. The van der Waals surface area contributed by atoms with Crippen molar-refractivity contribution in [2.24, 2.45) is 0 Å². The van der Waals surface area contributed by atoms with Crippen LogP contribution in [0.4, 0.5) is 0 Å². The Morgan fingerprint density at radius 1 is 1.45 bits per heavy atom. The van der Waals surface area contributed by atoms with Gasteiger partial charge in [0.1, 0.15) is 5.75 Å². The Bertz CT molecular complexity index is 273. The highest BCUT2D eigenvalue weighted by atomic mass is 79.9. The van der Waals surface area contributed by atoms with E-state index >= 15 is 0 Å². The van der Waals surface area contributed by atoms with Gasteiger partial charge < -0.3 is 4.74 Å². The molecule has 0 unspecified atom stereocenters. The van der Waals surface area contributed by atoms with E-state index in [0.29, 0.717) is 10.8 Å². The molecule has 11 heavy (non-hydrogen) atoms. The molecule has 0 aliphatic carbocycles. The summed E-state index contributed by atoms with van der Waals surface area (Å²) in [6.45, 7) is 1.98. The molecule has 60 valence electrons. The van der Waals surface area contributed by atoms with Gasteiger partial charge in [0, 0.05) is 4.47 Å². The standard InChI is InChI=1S/C8H8BrClO/c1-5-3-4-6(11-2)8(10)7(5)9/h3-4H,1-2H3. The summed E-state index contributed by atoms with van der Waals surface area (Å²) in [5.74, 6) is 0.698.